The molecule has 4 heteroatoms. The molecule has 0 aromatic heterocycles. The number of benzene rings is 2. The van der Waals surface area contributed by atoms with E-state index < -0.39 is 0 Å². The maximum atomic E-state index is 6.00. The van der Waals surface area contributed by atoms with Crippen LogP contribution in [0.4, 0.5) is 0 Å². The van der Waals surface area contributed by atoms with Gasteiger partial charge >= 0.3 is 0 Å². The molecular formula is C17H17BrClNO. The van der Waals surface area contributed by atoms with Crippen molar-refractivity contribution in [3.8, 4) is 5.75 Å². The third-order valence-corrected chi connectivity index (χ3v) is 5.01. The van der Waals surface area contributed by atoms with Gasteiger partial charge in [-0.05, 0) is 57.7 Å². The SMILES string of the molecule is COc1ccc(CC2(c3ccc(Cl)cc3)CNC2)cc1Br. The summed E-state index contributed by atoms with van der Waals surface area (Å²) in [5.74, 6) is 0.867. The molecule has 1 saturated heterocycles. The lowest BCUT2D eigenvalue weighted by atomic mass is 9.71. The van der Waals surface area contributed by atoms with Gasteiger partial charge in [0.1, 0.15) is 5.75 Å². The Balaban J connectivity index is 1.87. The summed E-state index contributed by atoms with van der Waals surface area (Å²) in [6.45, 7) is 2.00. The van der Waals surface area contributed by atoms with Crippen molar-refractivity contribution in [3.63, 3.8) is 0 Å². The maximum absolute atomic E-state index is 6.00. The Bertz CT molecular complexity index is 638. The number of rotatable bonds is 4. The van der Waals surface area contributed by atoms with Gasteiger partial charge < -0.3 is 10.1 Å². The van der Waals surface area contributed by atoms with Gasteiger partial charge in [-0.1, -0.05) is 29.8 Å². The molecule has 0 unspecified atom stereocenters. The predicted molar refractivity (Wildman–Crippen MR) is 90.4 cm³/mol. The smallest absolute Gasteiger partial charge is 0.133 e. The third kappa shape index (κ3) is 2.96. The summed E-state index contributed by atoms with van der Waals surface area (Å²) in [7, 11) is 1.69. The van der Waals surface area contributed by atoms with Crippen LogP contribution in [0.3, 0.4) is 0 Å². The average Bonchev–Trinajstić information content (AvgIpc) is 2.44. The fraction of sp³-hybridized carbons (Fsp3) is 0.294. The molecule has 21 heavy (non-hydrogen) atoms. The minimum absolute atomic E-state index is 0.165. The summed E-state index contributed by atoms with van der Waals surface area (Å²) in [5, 5.41) is 4.19. The molecule has 0 saturated carbocycles. The Morgan fingerprint density at radius 1 is 1.19 bits per heavy atom. The average molecular weight is 367 g/mol. The predicted octanol–water partition coefficient (Wildman–Crippen LogP) is 4.19. The molecule has 0 aliphatic carbocycles. The Labute approximate surface area is 138 Å². The van der Waals surface area contributed by atoms with E-state index in [-0.39, 0.29) is 5.41 Å². The lowest BCUT2D eigenvalue weighted by molar-refractivity contribution is 0.274. The van der Waals surface area contributed by atoms with Crippen LogP contribution in [0.25, 0.3) is 0 Å². The van der Waals surface area contributed by atoms with Crippen LogP contribution in [0, 0.1) is 0 Å². The third-order valence-electron chi connectivity index (χ3n) is 4.14. The van der Waals surface area contributed by atoms with Crippen molar-refractivity contribution < 1.29 is 4.74 Å². The van der Waals surface area contributed by atoms with Crippen LogP contribution in [0.15, 0.2) is 46.9 Å². The van der Waals surface area contributed by atoms with Gasteiger partial charge in [-0.25, -0.2) is 0 Å². The highest BCUT2D eigenvalue weighted by atomic mass is 79.9. The zero-order valence-corrected chi connectivity index (χ0v) is 14.2. The maximum Gasteiger partial charge on any atom is 0.133 e. The number of halogens is 2. The minimum atomic E-state index is 0.165. The van der Waals surface area contributed by atoms with Crippen LogP contribution >= 0.6 is 27.5 Å². The highest BCUT2D eigenvalue weighted by molar-refractivity contribution is 9.10. The molecule has 0 spiro atoms. The van der Waals surface area contributed by atoms with Crippen LogP contribution in [-0.2, 0) is 11.8 Å². The molecule has 1 aliphatic heterocycles. The van der Waals surface area contributed by atoms with Crippen molar-refractivity contribution >= 4 is 27.5 Å². The zero-order valence-electron chi connectivity index (χ0n) is 11.8. The first-order valence-electron chi connectivity index (χ1n) is 6.92. The van der Waals surface area contributed by atoms with E-state index in [1.807, 2.05) is 18.2 Å². The van der Waals surface area contributed by atoms with E-state index in [4.69, 9.17) is 16.3 Å². The Morgan fingerprint density at radius 2 is 1.90 bits per heavy atom. The molecule has 2 aromatic rings. The fourth-order valence-electron chi connectivity index (χ4n) is 2.87. The zero-order chi connectivity index (χ0) is 14.9. The number of ether oxygens (including phenoxy) is 1. The fourth-order valence-corrected chi connectivity index (χ4v) is 3.59. The van der Waals surface area contributed by atoms with Crippen LogP contribution in [-0.4, -0.2) is 20.2 Å². The molecule has 2 aromatic carbocycles. The van der Waals surface area contributed by atoms with E-state index in [0.717, 1.165) is 34.8 Å². The summed E-state index contributed by atoms with van der Waals surface area (Å²) >= 11 is 9.56. The molecule has 0 bridgehead atoms. The standard InChI is InChI=1S/C17H17BrClNO/c1-21-16-7-2-12(8-15(16)18)9-17(10-20-11-17)13-3-5-14(19)6-4-13/h2-8,20H,9-11H2,1H3. The first kappa shape index (κ1) is 14.9. The monoisotopic (exact) mass is 365 g/mol. The van der Waals surface area contributed by atoms with Crippen molar-refractivity contribution in [3.05, 3.63) is 63.1 Å². The summed E-state index contributed by atoms with van der Waals surface area (Å²) in [6.07, 6.45) is 1.00. The highest BCUT2D eigenvalue weighted by Crippen LogP contribution is 2.35. The molecular weight excluding hydrogens is 350 g/mol. The molecule has 1 aliphatic rings. The summed E-state index contributed by atoms with van der Waals surface area (Å²) < 4.78 is 6.30. The summed E-state index contributed by atoms with van der Waals surface area (Å²) in [4.78, 5) is 0. The van der Waals surface area contributed by atoms with Crippen molar-refractivity contribution in [2.45, 2.75) is 11.8 Å². The highest BCUT2D eigenvalue weighted by Gasteiger charge is 2.38. The van der Waals surface area contributed by atoms with Crippen LogP contribution in [0.5, 0.6) is 5.75 Å². The second kappa shape index (κ2) is 5.99. The molecule has 110 valence electrons. The van der Waals surface area contributed by atoms with E-state index in [0.29, 0.717) is 0 Å². The second-order valence-corrected chi connectivity index (χ2v) is 6.83. The number of hydrogen-bond donors (Lipinski definition) is 1. The van der Waals surface area contributed by atoms with Gasteiger partial charge in [-0.3, -0.25) is 0 Å². The minimum Gasteiger partial charge on any atom is -0.496 e. The molecule has 0 radical (unpaired) electrons. The second-order valence-electron chi connectivity index (χ2n) is 5.54. The summed E-state index contributed by atoms with van der Waals surface area (Å²) in [6, 6.07) is 14.5. The van der Waals surface area contributed by atoms with Gasteiger partial charge in [-0.2, -0.15) is 0 Å². The topological polar surface area (TPSA) is 21.3 Å². The Kier molecular flexibility index (Phi) is 4.25. The Hall–Kier alpha value is -1.03. The van der Waals surface area contributed by atoms with Gasteiger partial charge in [0.05, 0.1) is 11.6 Å². The van der Waals surface area contributed by atoms with E-state index in [2.05, 4.69) is 45.5 Å². The molecule has 1 fully saturated rings. The molecule has 1 N–H and O–H groups in total. The molecule has 0 atom stereocenters. The molecule has 0 amide bonds. The number of nitrogens with one attached hydrogen (secondary N) is 1. The lowest BCUT2D eigenvalue weighted by Crippen LogP contribution is -2.58. The summed E-state index contributed by atoms with van der Waals surface area (Å²) in [5.41, 5.74) is 2.82. The van der Waals surface area contributed by atoms with Crippen LogP contribution < -0.4 is 10.1 Å². The van der Waals surface area contributed by atoms with Gasteiger partial charge in [0.15, 0.2) is 0 Å². The van der Waals surface area contributed by atoms with Gasteiger partial charge in [-0.15, -0.1) is 0 Å². The number of methoxy groups -OCH3 is 1. The number of hydrogen-bond acceptors (Lipinski definition) is 2. The molecule has 2 nitrogen and oxygen atoms in total. The first-order valence-corrected chi connectivity index (χ1v) is 8.09. The van der Waals surface area contributed by atoms with E-state index >= 15 is 0 Å². The largest absolute Gasteiger partial charge is 0.496 e. The van der Waals surface area contributed by atoms with E-state index in [9.17, 15) is 0 Å². The van der Waals surface area contributed by atoms with Gasteiger partial charge in [0.25, 0.3) is 0 Å². The van der Waals surface area contributed by atoms with Gasteiger partial charge in [0.2, 0.25) is 0 Å². The molecule has 1 heterocycles. The van der Waals surface area contributed by atoms with Crippen LogP contribution in [0.1, 0.15) is 11.1 Å². The van der Waals surface area contributed by atoms with Crippen molar-refractivity contribution in [2.75, 3.05) is 20.2 Å². The van der Waals surface area contributed by atoms with Gasteiger partial charge in [0, 0.05) is 23.5 Å². The first-order chi connectivity index (χ1) is 10.1. The van der Waals surface area contributed by atoms with Crippen LogP contribution in [0.2, 0.25) is 5.02 Å². The quantitative estimate of drug-likeness (QED) is 0.876. The van der Waals surface area contributed by atoms with E-state index in [1.54, 1.807) is 7.11 Å². The van der Waals surface area contributed by atoms with E-state index in [1.165, 1.54) is 11.1 Å². The van der Waals surface area contributed by atoms with Crippen molar-refractivity contribution in [1.82, 2.24) is 5.32 Å². The lowest BCUT2D eigenvalue weighted by Gasteiger charge is -2.43. The Morgan fingerprint density at radius 3 is 2.43 bits per heavy atom. The van der Waals surface area contributed by atoms with Crippen molar-refractivity contribution in [2.24, 2.45) is 0 Å². The molecule has 3 rings (SSSR count). The normalized spacial score (nSPS) is 16.3. The van der Waals surface area contributed by atoms with Crippen molar-refractivity contribution in [1.29, 1.82) is 0 Å².